The van der Waals surface area contributed by atoms with Crippen molar-refractivity contribution in [2.75, 3.05) is 12.3 Å². The zero-order valence-electron chi connectivity index (χ0n) is 11.8. The first-order chi connectivity index (χ1) is 9.04. The first-order valence-corrected chi connectivity index (χ1v) is 8.71. The number of hydrogen-bond acceptors (Lipinski definition) is 2. The highest BCUT2D eigenvalue weighted by Crippen LogP contribution is 2.32. The van der Waals surface area contributed by atoms with Crippen molar-refractivity contribution in [2.45, 2.75) is 45.6 Å². The Morgan fingerprint density at radius 1 is 1.16 bits per heavy atom. The summed E-state index contributed by atoms with van der Waals surface area (Å²) in [7, 11) is -3.12. The summed E-state index contributed by atoms with van der Waals surface area (Å²) >= 11 is 0. The van der Waals surface area contributed by atoms with E-state index in [0.717, 1.165) is 31.2 Å². The van der Waals surface area contributed by atoms with Crippen LogP contribution < -0.4 is 0 Å². The quantitative estimate of drug-likeness (QED) is 0.853. The van der Waals surface area contributed by atoms with Crippen molar-refractivity contribution in [3.63, 3.8) is 0 Å². The summed E-state index contributed by atoms with van der Waals surface area (Å²) in [6, 6.07) is 8.30. The molecule has 0 bridgehead atoms. The molecule has 0 spiro atoms. The first-order valence-electron chi connectivity index (χ1n) is 7.10. The van der Waals surface area contributed by atoms with Gasteiger partial charge in [-0.05, 0) is 32.3 Å². The smallest absolute Gasteiger partial charge is 0.212 e. The van der Waals surface area contributed by atoms with E-state index in [1.807, 2.05) is 0 Å². The van der Waals surface area contributed by atoms with Crippen LogP contribution in [0, 0.1) is 6.92 Å². The van der Waals surface area contributed by atoms with Crippen molar-refractivity contribution in [1.82, 2.24) is 4.31 Å². The second kappa shape index (κ2) is 6.06. The highest BCUT2D eigenvalue weighted by atomic mass is 32.2. The molecular weight excluding hydrogens is 258 g/mol. The van der Waals surface area contributed by atoms with Crippen LogP contribution in [0.15, 0.2) is 24.3 Å². The lowest BCUT2D eigenvalue weighted by Gasteiger charge is -2.29. The monoisotopic (exact) mass is 281 g/mol. The Bertz CT molecular complexity index is 507. The van der Waals surface area contributed by atoms with Gasteiger partial charge in [0.05, 0.1) is 5.75 Å². The van der Waals surface area contributed by atoms with E-state index in [1.54, 1.807) is 11.2 Å². The second-order valence-corrected chi connectivity index (χ2v) is 7.50. The Kier molecular flexibility index (Phi) is 4.63. The molecule has 3 nitrogen and oxygen atoms in total. The highest BCUT2D eigenvalue weighted by Gasteiger charge is 2.30. The Hall–Kier alpha value is -0.870. The lowest BCUT2D eigenvalue weighted by Crippen LogP contribution is -2.35. The number of aryl methyl sites for hydroxylation is 1. The van der Waals surface area contributed by atoms with Gasteiger partial charge in [0.1, 0.15) is 0 Å². The van der Waals surface area contributed by atoms with Crippen molar-refractivity contribution in [3.05, 3.63) is 35.4 Å². The van der Waals surface area contributed by atoms with Gasteiger partial charge in [0.25, 0.3) is 0 Å². The normalized spacial score (nSPS) is 22.1. The highest BCUT2D eigenvalue weighted by molar-refractivity contribution is 7.89. The van der Waals surface area contributed by atoms with Crippen LogP contribution >= 0.6 is 0 Å². The number of nitrogens with zero attached hydrogens (tertiary/aromatic N) is 1. The molecule has 0 amide bonds. The van der Waals surface area contributed by atoms with Crippen molar-refractivity contribution in [1.29, 1.82) is 0 Å². The van der Waals surface area contributed by atoms with Crippen LogP contribution in [0.2, 0.25) is 0 Å². The molecule has 4 heteroatoms. The second-order valence-electron chi connectivity index (χ2n) is 5.29. The predicted molar refractivity (Wildman–Crippen MR) is 78.6 cm³/mol. The van der Waals surface area contributed by atoms with Crippen LogP contribution in [0.5, 0.6) is 0 Å². The van der Waals surface area contributed by atoms with Crippen LogP contribution in [0.3, 0.4) is 0 Å². The van der Waals surface area contributed by atoms with E-state index in [-0.39, 0.29) is 11.8 Å². The van der Waals surface area contributed by atoms with Gasteiger partial charge in [-0.2, -0.15) is 4.31 Å². The summed E-state index contributed by atoms with van der Waals surface area (Å²) in [5.74, 6) is 0.190. The van der Waals surface area contributed by atoms with Crippen molar-refractivity contribution >= 4 is 10.0 Å². The third-order valence-electron chi connectivity index (χ3n) is 3.89. The maximum absolute atomic E-state index is 12.3. The molecule has 0 radical (unpaired) electrons. The third kappa shape index (κ3) is 3.37. The number of benzene rings is 1. The van der Waals surface area contributed by atoms with E-state index < -0.39 is 10.0 Å². The summed E-state index contributed by atoms with van der Waals surface area (Å²) in [4.78, 5) is 0. The molecule has 1 heterocycles. The van der Waals surface area contributed by atoms with E-state index in [1.165, 1.54) is 5.56 Å². The molecule has 1 aliphatic rings. The molecule has 1 atom stereocenters. The molecule has 106 valence electrons. The summed E-state index contributed by atoms with van der Waals surface area (Å²) in [6.45, 7) is 4.44. The summed E-state index contributed by atoms with van der Waals surface area (Å²) in [6.07, 6.45) is 4.14. The van der Waals surface area contributed by atoms with Gasteiger partial charge in [0.2, 0.25) is 10.0 Å². The molecule has 1 unspecified atom stereocenters. The fourth-order valence-electron chi connectivity index (χ4n) is 2.70. The van der Waals surface area contributed by atoms with E-state index in [2.05, 4.69) is 31.2 Å². The van der Waals surface area contributed by atoms with E-state index in [4.69, 9.17) is 0 Å². The molecule has 0 saturated carbocycles. The van der Waals surface area contributed by atoms with Crippen LogP contribution in [0.25, 0.3) is 0 Å². The van der Waals surface area contributed by atoms with Gasteiger partial charge >= 0.3 is 0 Å². The van der Waals surface area contributed by atoms with Gasteiger partial charge in [-0.3, -0.25) is 0 Å². The summed E-state index contributed by atoms with van der Waals surface area (Å²) in [5.41, 5.74) is 2.34. The minimum atomic E-state index is -3.12. The molecular formula is C15H23NO2S. The minimum Gasteiger partial charge on any atom is -0.212 e. The Morgan fingerprint density at radius 3 is 2.47 bits per heavy atom. The third-order valence-corrected chi connectivity index (χ3v) is 5.77. The van der Waals surface area contributed by atoms with E-state index in [9.17, 15) is 8.42 Å². The van der Waals surface area contributed by atoms with Gasteiger partial charge < -0.3 is 0 Å². The van der Waals surface area contributed by atoms with Gasteiger partial charge in [0, 0.05) is 12.6 Å². The molecule has 1 fully saturated rings. The Balaban J connectivity index is 2.35. The zero-order valence-corrected chi connectivity index (χ0v) is 12.6. The molecule has 1 aromatic rings. The predicted octanol–water partition coefficient (Wildman–Crippen LogP) is 3.26. The molecule has 2 rings (SSSR count). The summed E-state index contributed by atoms with van der Waals surface area (Å²) in [5, 5.41) is 0. The van der Waals surface area contributed by atoms with Crippen LogP contribution in [0.4, 0.5) is 0 Å². The average Bonchev–Trinajstić information content (AvgIpc) is 2.66. The fourth-order valence-corrected chi connectivity index (χ4v) is 4.06. The fraction of sp³-hybridized carbons (Fsp3) is 0.600. The Labute approximate surface area is 116 Å². The minimum absolute atomic E-state index is 0.0213. The van der Waals surface area contributed by atoms with Crippen LogP contribution in [-0.4, -0.2) is 25.0 Å². The van der Waals surface area contributed by atoms with Crippen molar-refractivity contribution in [2.24, 2.45) is 0 Å². The maximum Gasteiger partial charge on any atom is 0.214 e. The number of rotatable bonds is 3. The first kappa shape index (κ1) is 14.5. The molecule has 1 aromatic carbocycles. The van der Waals surface area contributed by atoms with Crippen molar-refractivity contribution < 1.29 is 8.42 Å². The lowest BCUT2D eigenvalue weighted by molar-refractivity contribution is 0.329. The van der Waals surface area contributed by atoms with Crippen molar-refractivity contribution in [3.8, 4) is 0 Å². The van der Waals surface area contributed by atoms with Gasteiger partial charge in [-0.1, -0.05) is 42.7 Å². The maximum atomic E-state index is 12.3. The van der Waals surface area contributed by atoms with Gasteiger partial charge in [-0.15, -0.1) is 0 Å². The SMILES string of the molecule is CCS(=O)(=O)N1CCCCCC1c1ccc(C)cc1. The molecule has 1 saturated heterocycles. The molecule has 19 heavy (non-hydrogen) atoms. The van der Waals surface area contributed by atoms with E-state index in [0.29, 0.717) is 6.54 Å². The summed E-state index contributed by atoms with van der Waals surface area (Å²) < 4.78 is 26.3. The average molecular weight is 281 g/mol. The molecule has 1 aliphatic heterocycles. The molecule has 0 aliphatic carbocycles. The zero-order chi connectivity index (χ0) is 13.9. The van der Waals surface area contributed by atoms with Gasteiger partial charge in [-0.25, -0.2) is 8.42 Å². The number of sulfonamides is 1. The standard InChI is InChI=1S/C15H23NO2S/c1-3-19(17,18)16-12-6-4-5-7-15(16)14-10-8-13(2)9-11-14/h8-11,15H,3-7,12H2,1-2H3. The molecule has 0 N–H and O–H groups in total. The van der Waals surface area contributed by atoms with Crippen LogP contribution in [-0.2, 0) is 10.0 Å². The largest absolute Gasteiger partial charge is 0.214 e. The van der Waals surface area contributed by atoms with E-state index >= 15 is 0 Å². The number of hydrogen-bond donors (Lipinski definition) is 0. The Morgan fingerprint density at radius 2 is 1.84 bits per heavy atom. The van der Waals surface area contributed by atoms with Gasteiger partial charge in [0.15, 0.2) is 0 Å². The van der Waals surface area contributed by atoms with Crippen LogP contribution in [0.1, 0.15) is 49.8 Å². The topological polar surface area (TPSA) is 37.4 Å². The molecule has 0 aromatic heterocycles. The lowest BCUT2D eigenvalue weighted by atomic mass is 10.0.